The Morgan fingerprint density at radius 3 is 2.52 bits per heavy atom. The average molecular weight is 441 g/mol. The van der Waals surface area contributed by atoms with Gasteiger partial charge in [0, 0.05) is 6.54 Å². The minimum atomic E-state index is -0.382. The summed E-state index contributed by atoms with van der Waals surface area (Å²) in [5.74, 6) is -0.0957. The van der Waals surface area contributed by atoms with Crippen LogP contribution < -0.4 is 4.74 Å². The normalized spacial score (nSPS) is 16.2. The number of esters is 1. The quantitative estimate of drug-likeness (QED) is 0.500. The maximum Gasteiger partial charge on any atom is 0.338 e. The number of rotatable bonds is 7. The lowest BCUT2D eigenvalue weighted by Gasteiger charge is -2.12. The van der Waals surface area contributed by atoms with Gasteiger partial charge in [-0.1, -0.05) is 6.07 Å². The second-order valence-corrected chi connectivity index (χ2v) is 7.49. The highest BCUT2D eigenvalue weighted by Crippen LogP contribution is 2.35. The van der Waals surface area contributed by atoms with E-state index in [0.29, 0.717) is 46.8 Å². The van der Waals surface area contributed by atoms with Crippen molar-refractivity contribution in [3.63, 3.8) is 0 Å². The molecule has 1 amide bonds. The van der Waals surface area contributed by atoms with Gasteiger partial charge in [-0.25, -0.2) is 9.79 Å². The highest BCUT2D eigenvalue weighted by Gasteiger charge is 2.32. The van der Waals surface area contributed by atoms with Gasteiger partial charge in [0.15, 0.2) is 16.7 Å². The number of amidine groups is 1. The maximum absolute atomic E-state index is 12.8. The summed E-state index contributed by atoms with van der Waals surface area (Å²) >= 11 is 1.28. The minimum Gasteiger partial charge on any atom is -0.504 e. The summed E-state index contributed by atoms with van der Waals surface area (Å²) < 4.78 is 10.4. The topological polar surface area (TPSA) is 88.4 Å². The molecule has 0 radical (unpaired) electrons. The van der Waals surface area contributed by atoms with Gasteiger partial charge < -0.3 is 14.6 Å². The number of carbonyl (C=O) groups excluding carboxylic acids is 2. The fourth-order valence-corrected chi connectivity index (χ4v) is 3.97. The van der Waals surface area contributed by atoms with Crippen molar-refractivity contribution in [2.75, 3.05) is 19.8 Å². The van der Waals surface area contributed by atoms with Gasteiger partial charge in [0.25, 0.3) is 5.91 Å². The molecule has 3 rings (SSSR count). The van der Waals surface area contributed by atoms with Crippen LogP contribution in [0.15, 0.2) is 52.4 Å². The van der Waals surface area contributed by atoms with Gasteiger partial charge in [0.1, 0.15) is 0 Å². The third-order valence-electron chi connectivity index (χ3n) is 4.39. The molecule has 0 saturated carbocycles. The number of thioether (sulfide) groups is 1. The first kappa shape index (κ1) is 22.4. The van der Waals surface area contributed by atoms with Gasteiger partial charge >= 0.3 is 5.97 Å². The molecule has 0 bridgehead atoms. The maximum atomic E-state index is 12.8. The first-order valence-electron chi connectivity index (χ1n) is 9.99. The lowest BCUT2D eigenvalue weighted by Crippen LogP contribution is -2.28. The summed E-state index contributed by atoms with van der Waals surface area (Å²) in [6.45, 7) is 6.69. The fourth-order valence-electron chi connectivity index (χ4n) is 2.91. The van der Waals surface area contributed by atoms with Crippen LogP contribution in [0.5, 0.6) is 11.5 Å². The zero-order chi connectivity index (χ0) is 22.4. The molecule has 1 fully saturated rings. The van der Waals surface area contributed by atoms with Crippen molar-refractivity contribution in [3.8, 4) is 11.5 Å². The molecule has 0 spiro atoms. The van der Waals surface area contributed by atoms with Crippen LogP contribution >= 0.6 is 11.8 Å². The summed E-state index contributed by atoms with van der Waals surface area (Å²) in [5.41, 5.74) is 1.82. The standard InChI is InChI=1S/C23H24N2O5S/c1-4-25-21(27)20(14-15-7-12-18(26)19(13-15)29-5-2)31-23(25)24-17-10-8-16(9-11-17)22(28)30-6-3/h7-14,26H,4-6H2,1-3H3. The van der Waals surface area contributed by atoms with E-state index in [2.05, 4.69) is 4.99 Å². The molecule has 0 aliphatic carbocycles. The number of hydrogen-bond acceptors (Lipinski definition) is 7. The molecule has 162 valence electrons. The number of phenolic OH excluding ortho intramolecular Hbond substituents is 1. The SMILES string of the molecule is CCOC(=O)c1ccc(N=C2SC(=Cc3ccc(O)c(OCC)c3)C(=O)N2CC)cc1. The Kier molecular flexibility index (Phi) is 7.36. The molecule has 1 aliphatic heterocycles. The highest BCUT2D eigenvalue weighted by atomic mass is 32.2. The van der Waals surface area contributed by atoms with Crippen LogP contribution in [0.2, 0.25) is 0 Å². The van der Waals surface area contributed by atoms with E-state index in [-0.39, 0.29) is 17.6 Å². The van der Waals surface area contributed by atoms with E-state index in [1.165, 1.54) is 11.8 Å². The second kappa shape index (κ2) is 10.2. The first-order valence-corrected chi connectivity index (χ1v) is 10.8. The third kappa shape index (κ3) is 5.27. The van der Waals surface area contributed by atoms with Crippen LogP contribution in [-0.4, -0.2) is 46.8 Å². The average Bonchev–Trinajstić information content (AvgIpc) is 3.05. The number of amides is 1. The third-order valence-corrected chi connectivity index (χ3v) is 5.40. The second-order valence-electron chi connectivity index (χ2n) is 6.48. The fraction of sp³-hybridized carbons (Fsp3) is 0.261. The summed E-state index contributed by atoms with van der Waals surface area (Å²) in [4.78, 5) is 31.4. The van der Waals surface area contributed by atoms with Crippen LogP contribution in [0.3, 0.4) is 0 Å². The molecule has 1 aliphatic rings. The number of phenols is 1. The van der Waals surface area contributed by atoms with Gasteiger partial charge in [0.2, 0.25) is 0 Å². The van der Waals surface area contributed by atoms with Gasteiger partial charge in [-0.15, -0.1) is 0 Å². The lowest BCUT2D eigenvalue weighted by molar-refractivity contribution is -0.122. The van der Waals surface area contributed by atoms with Crippen LogP contribution in [-0.2, 0) is 9.53 Å². The van der Waals surface area contributed by atoms with Gasteiger partial charge in [-0.2, -0.15) is 0 Å². The Hall–Kier alpha value is -3.26. The molecule has 0 aromatic heterocycles. The molecular weight excluding hydrogens is 416 g/mol. The highest BCUT2D eigenvalue weighted by molar-refractivity contribution is 8.18. The van der Waals surface area contributed by atoms with E-state index in [9.17, 15) is 14.7 Å². The van der Waals surface area contributed by atoms with Gasteiger partial charge in [0.05, 0.1) is 29.4 Å². The number of nitrogens with zero attached hydrogens (tertiary/aromatic N) is 2. The van der Waals surface area contributed by atoms with Crippen LogP contribution in [0.25, 0.3) is 6.08 Å². The number of likely N-dealkylation sites (N-methyl/N-ethyl adjacent to an activating group) is 1. The molecular formula is C23H24N2O5S. The van der Waals surface area contributed by atoms with Gasteiger partial charge in [-0.3, -0.25) is 9.69 Å². The van der Waals surface area contributed by atoms with E-state index in [0.717, 1.165) is 5.56 Å². The van der Waals surface area contributed by atoms with E-state index in [1.54, 1.807) is 60.4 Å². The summed E-state index contributed by atoms with van der Waals surface area (Å²) in [6, 6.07) is 11.7. The van der Waals surface area contributed by atoms with Crippen molar-refractivity contribution in [1.82, 2.24) is 4.90 Å². The Morgan fingerprint density at radius 1 is 1.13 bits per heavy atom. The van der Waals surface area contributed by atoms with E-state index in [1.807, 2.05) is 13.8 Å². The molecule has 31 heavy (non-hydrogen) atoms. The van der Waals surface area contributed by atoms with Crippen LogP contribution in [0.1, 0.15) is 36.7 Å². The van der Waals surface area contributed by atoms with E-state index in [4.69, 9.17) is 9.47 Å². The van der Waals surface area contributed by atoms with Crippen LogP contribution in [0.4, 0.5) is 5.69 Å². The van der Waals surface area contributed by atoms with Crippen LogP contribution in [0, 0.1) is 0 Å². The van der Waals surface area contributed by atoms with E-state index < -0.39 is 0 Å². The van der Waals surface area contributed by atoms with E-state index >= 15 is 0 Å². The summed E-state index contributed by atoms with van der Waals surface area (Å²) in [6.07, 6.45) is 1.75. The molecule has 7 nitrogen and oxygen atoms in total. The molecule has 1 N–H and O–H groups in total. The molecule has 2 aromatic rings. The van der Waals surface area contributed by atoms with Crippen molar-refractivity contribution < 1.29 is 24.2 Å². The minimum absolute atomic E-state index is 0.0538. The zero-order valence-corrected chi connectivity index (χ0v) is 18.4. The Labute approximate surface area is 185 Å². The van der Waals surface area contributed by atoms with Crippen molar-refractivity contribution in [1.29, 1.82) is 0 Å². The monoisotopic (exact) mass is 440 g/mol. The first-order chi connectivity index (χ1) is 15.0. The lowest BCUT2D eigenvalue weighted by atomic mass is 10.2. The number of carbonyl (C=O) groups is 2. The smallest absolute Gasteiger partial charge is 0.338 e. The number of benzene rings is 2. The molecule has 0 unspecified atom stereocenters. The number of ether oxygens (including phenoxy) is 2. The summed E-state index contributed by atoms with van der Waals surface area (Å²) in [5, 5.41) is 10.4. The van der Waals surface area contributed by atoms with Crippen molar-refractivity contribution >= 4 is 40.6 Å². The molecule has 2 aromatic carbocycles. The Bertz CT molecular complexity index is 1030. The van der Waals surface area contributed by atoms with Crippen molar-refractivity contribution in [2.45, 2.75) is 20.8 Å². The molecule has 1 heterocycles. The van der Waals surface area contributed by atoms with Crippen molar-refractivity contribution in [3.05, 3.63) is 58.5 Å². The molecule has 0 atom stereocenters. The Morgan fingerprint density at radius 2 is 1.87 bits per heavy atom. The zero-order valence-electron chi connectivity index (χ0n) is 17.6. The molecule has 8 heteroatoms. The van der Waals surface area contributed by atoms with Gasteiger partial charge in [-0.05, 0) is 80.6 Å². The number of aromatic hydroxyl groups is 1. The largest absolute Gasteiger partial charge is 0.504 e. The predicted molar refractivity (Wildman–Crippen MR) is 122 cm³/mol. The number of aliphatic imine (C=N–C) groups is 1. The Balaban J connectivity index is 1.85. The predicted octanol–water partition coefficient (Wildman–Crippen LogP) is 4.59. The molecule has 1 saturated heterocycles. The number of hydrogen-bond donors (Lipinski definition) is 1. The summed E-state index contributed by atoms with van der Waals surface area (Å²) in [7, 11) is 0. The van der Waals surface area contributed by atoms with Crippen molar-refractivity contribution in [2.24, 2.45) is 4.99 Å².